The monoisotopic (exact) mass is 216 g/mol. The van der Waals surface area contributed by atoms with Crippen LogP contribution in [0.25, 0.3) is 0 Å². The molecule has 0 aliphatic rings. The Hall–Kier alpha value is -2.10. The highest BCUT2D eigenvalue weighted by Crippen LogP contribution is 2.19. The zero-order chi connectivity index (χ0) is 11.4. The summed E-state index contributed by atoms with van der Waals surface area (Å²) in [7, 11) is 0. The summed E-state index contributed by atoms with van der Waals surface area (Å²) in [5, 5.41) is 10.8. The SMILES string of the molecule is O=[N+]([O-])c1ccccc1CCc1ccc[nH]1. The summed E-state index contributed by atoms with van der Waals surface area (Å²) in [6, 6.07) is 10.8. The van der Waals surface area contributed by atoms with Gasteiger partial charge in [0.2, 0.25) is 0 Å². The predicted molar refractivity (Wildman–Crippen MR) is 61.3 cm³/mol. The third-order valence-corrected chi connectivity index (χ3v) is 2.51. The van der Waals surface area contributed by atoms with Gasteiger partial charge < -0.3 is 4.98 Å². The van der Waals surface area contributed by atoms with E-state index in [1.165, 1.54) is 0 Å². The maximum Gasteiger partial charge on any atom is 0.272 e. The van der Waals surface area contributed by atoms with E-state index in [1.54, 1.807) is 18.2 Å². The number of hydrogen-bond donors (Lipinski definition) is 1. The lowest BCUT2D eigenvalue weighted by atomic mass is 10.1. The van der Waals surface area contributed by atoms with Gasteiger partial charge in [0.15, 0.2) is 0 Å². The van der Waals surface area contributed by atoms with Crippen LogP contribution in [0.3, 0.4) is 0 Å². The maximum atomic E-state index is 10.8. The Morgan fingerprint density at radius 1 is 1.12 bits per heavy atom. The van der Waals surface area contributed by atoms with Gasteiger partial charge in [-0.25, -0.2) is 0 Å². The Kier molecular flexibility index (Phi) is 3.00. The third kappa shape index (κ3) is 2.28. The molecule has 0 radical (unpaired) electrons. The first-order chi connectivity index (χ1) is 7.77. The van der Waals surface area contributed by atoms with Crippen molar-refractivity contribution in [1.29, 1.82) is 0 Å². The van der Waals surface area contributed by atoms with Gasteiger partial charge in [-0.2, -0.15) is 0 Å². The van der Waals surface area contributed by atoms with Crippen LogP contribution in [0.15, 0.2) is 42.6 Å². The van der Waals surface area contributed by atoms with Gasteiger partial charge >= 0.3 is 0 Å². The van der Waals surface area contributed by atoms with Crippen molar-refractivity contribution in [3.8, 4) is 0 Å². The van der Waals surface area contributed by atoms with E-state index in [0.717, 1.165) is 17.7 Å². The van der Waals surface area contributed by atoms with Gasteiger partial charge in [0.05, 0.1) is 4.92 Å². The van der Waals surface area contributed by atoms with Crippen LogP contribution < -0.4 is 0 Å². The molecular weight excluding hydrogens is 204 g/mol. The number of nitro benzene ring substituents is 1. The molecule has 82 valence electrons. The molecule has 0 fully saturated rings. The molecule has 0 aliphatic heterocycles. The lowest BCUT2D eigenvalue weighted by molar-refractivity contribution is -0.385. The van der Waals surface area contributed by atoms with Crippen LogP contribution in [-0.2, 0) is 12.8 Å². The molecule has 0 atom stereocenters. The highest BCUT2D eigenvalue weighted by atomic mass is 16.6. The normalized spacial score (nSPS) is 10.2. The Balaban J connectivity index is 2.12. The van der Waals surface area contributed by atoms with Gasteiger partial charge in [0.1, 0.15) is 0 Å². The standard InChI is InChI=1S/C12H12N2O2/c15-14(16)12-6-2-1-4-10(12)7-8-11-5-3-9-13-11/h1-6,9,13H,7-8H2. The predicted octanol–water partition coefficient (Wildman–Crippen LogP) is 2.71. The molecule has 2 rings (SSSR count). The minimum atomic E-state index is -0.329. The molecule has 16 heavy (non-hydrogen) atoms. The molecule has 0 spiro atoms. The Morgan fingerprint density at radius 2 is 1.94 bits per heavy atom. The van der Waals surface area contributed by atoms with Gasteiger partial charge in [0, 0.05) is 23.5 Å². The molecule has 4 heteroatoms. The van der Waals surface area contributed by atoms with Crippen LogP contribution in [-0.4, -0.2) is 9.91 Å². The van der Waals surface area contributed by atoms with E-state index in [9.17, 15) is 10.1 Å². The average molecular weight is 216 g/mol. The van der Waals surface area contributed by atoms with Crippen molar-refractivity contribution in [3.05, 3.63) is 64.0 Å². The number of nitrogens with zero attached hydrogens (tertiary/aromatic N) is 1. The number of para-hydroxylation sites is 1. The number of aryl methyl sites for hydroxylation is 2. The summed E-state index contributed by atoms with van der Waals surface area (Å²) in [6.07, 6.45) is 3.32. The Bertz CT molecular complexity index is 478. The number of nitro groups is 1. The number of aromatic nitrogens is 1. The zero-order valence-electron chi connectivity index (χ0n) is 8.72. The number of aromatic amines is 1. The quantitative estimate of drug-likeness (QED) is 0.631. The minimum absolute atomic E-state index is 0.203. The van der Waals surface area contributed by atoms with Gasteiger partial charge in [-0.15, -0.1) is 0 Å². The summed E-state index contributed by atoms with van der Waals surface area (Å²) in [5.41, 5.74) is 2.08. The van der Waals surface area contributed by atoms with Crippen molar-refractivity contribution in [2.45, 2.75) is 12.8 Å². The molecule has 4 nitrogen and oxygen atoms in total. The largest absolute Gasteiger partial charge is 0.365 e. The third-order valence-electron chi connectivity index (χ3n) is 2.51. The van der Waals surface area contributed by atoms with E-state index in [4.69, 9.17) is 0 Å². The Morgan fingerprint density at radius 3 is 2.62 bits per heavy atom. The lowest BCUT2D eigenvalue weighted by Gasteiger charge is -2.01. The first kappa shape index (κ1) is 10.4. The molecule has 1 N–H and O–H groups in total. The van der Waals surface area contributed by atoms with Crippen LogP contribution >= 0.6 is 0 Å². The highest BCUT2D eigenvalue weighted by molar-refractivity contribution is 5.40. The summed E-state index contributed by atoms with van der Waals surface area (Å²) < 4.78 is 0. The van der Waals surface area contributed by atoms with Crippen LogP contribution in [0.4, 0.5) is 5.69 Å². The molecular formula is C12H12N2O2. The highest BCUT2D eigenvalue weighted by Gasteiger charge is 2.11. The van der Waals surface area contributed by atoms with Crippen molar-refractivity contribution in [2.24, 2.45) is 0 Å². The molecule has 0 bridgehead atoms. The lowest BCUT2D eigenvalue weighted by Crippen LogP contribution is -1.97. The number of benzene rings is 1. The van der Waals surface area contributed by atoms with Crippen molar-refractivity contribution < 1.29 is 4.92 Å². The van der Waals surface area contributed by atoms with Crippen molar-refractivity contribution >= 4 is 5.69 Å². The number of hydrogen-bond acceptors (Lipinski definition) is 2. The fourth-order valence-corrected chi connectivity index (χ4v) is 1.69. The number of H-pyrrole nitrogens is 1. The first-order valence-corrected chi connectivity index (χ1v) is 5.12. The molecule has 2 aromatic rings. The summed E-state index contributed by atoms with van der Waals surface area (Å²) >= 11 is 0. The topological polar surface area (TPSA) is 58.9 Å². The molecule has 0 aliphatic carbocycles. The molecule has 0 saturated heterocycles. The van der Waals surface area contributed by atoms with E-state index in [1.807, 2.05) is 24.4 Å². The van der Waals surface area contributed by atoms with Crippen molar-refractivity contribution in [3.63, 3.8) is 0 Å². The van der Waals surface area contributed by atoms with E-state index in [2.05, 4.69) is 4.98 Å². The number of rotatable bonds is 4. The molecule has 0 saturated carbocycles. The number of nitrogens with one attached hydrogen (secondary N) is 1. The Labute approximate surface area is 93.1 Å². The van der Waals surface area contributed by atoms with Crippen LogP contribution in [0.1, 0.15) is 11.3 Å². The van der Waals surface area contributed by atoms with Crippen molar-refractivity contribution in [1.82, 2.24) is 4.98 Å². The summed E-state index contributed by atoms with van der Waals surface area (Å²) in [5.74, 6) is 0. The van der Waals surface area contributed by atoms with Gasteiger partial charge in [-0.3, -0.25) is 10.1 Å². The smallest absolute Gasteiger partial charge is 0.272 e. The van der Waals surface area contributed by atoms with E-state index in [0.29, 0.717) is 6.42 Å². The van der Waals surface area contributed by atoms with E-state index >= 15 is 0 Å². The van der Waals surface area contributed by atoms with Crippen LogP contribution in [0, 0.1) is 10.1 Å². The fraction of sp³-hybridized carbons (Fsp3) is 0.167. The molecule has 1 aromatic heterocycles. The van der Waals surface area contributed by atoms with Crippen molar-refractivity contribution in [2.75, 3.05) is 0 Å². The first-order valence-electron chi connectivity index (χ1n) is 5.12. The second kappa shape index (κ2) is 4.61. The van der Waals surface area contributed by atoms with Gasteiger partial charge in [-0.05, 0) is 25.0 Å². The summed E-state index contributed by atoms with van der Waals surface area (Å²) in [4.78, 5) is 13.5. The fourth-order valence-electron chi connectivity index (χ4n) is 1.69. The van der Waals surface area contributed by atoms with E-state index < -0.39 is 0 Å². The zero-order valence-corrected chi connectivity index (χ0v) is 8.72. The molecule has 0 unspecified atom stereocenters. The van der Waals surface area contributed by atoms with E-state index in [-0.39, 0.29) is 10.6 Å². The second-order valence-corrected chi connectivity index (χ2v) is 3.58. The molecule has 1 aromatic carbocycles. The second-order valence-electron chi connectivity index (χ2n) is 3.58. The van der Waals surface area contributed by atoms with Crippen LogP contribution in [0.2, 0.25) is 0 Å². The maximum absolute atomic E-state index is 10.8. The summed E-state index contributed by atoms with van der Waals surface area (Å²) in [6.45, 7) is 0. The van der Waals surface area contributed by atoms with Crippen LogP contribution in [0.5, 0.6) is 0 Å². The van der Waals surface area contributed by atoms with Gasteiger partial charge in [-0.1, -0.05) is 18.2 Å². The molecule has 1 heterocycles. The molecule has 0 amide bonds. The minimum Gasteiger partial charge on any atom is -0.365 e. The van der Waals surface area contributed by atoms with Gasteiger partial charge in [0.25, 0.3) is 5.69 Å². The average Bonchev–Trinajstić information content (AvgIpc) is 2.79.